The van der Waals surface area contributed by atoms with Gasteiger partial charge in [0.15, 0.2) is 5.75 Å². The van der Waals surface area contributed by atoms with Gasteiger partial charge in [-0.1, -0.05) is 0 Å². The van der Waals surface area contributed by atoms with Crippen LogP contribution in [0, 0.1) is 26.7 Å². The van der Waals surface area contributed by atoms with Gasteiger partial charge in [-0.2, -0.15) is 5.10 Å². The molecule has 0 spiro atoms. The standard InChI is InChI=1S/C20H24N6O2/c1-12-7-16(25-24-12)8-15-9-26(10-17(15)27)19-13(2)20(23-11-22-19)28-18-5-4-6-21-14(18)3/h4-7,11,15,17,27H,8-10H2,1-3H3,(H,24,25)/t15-,17+/m1/s1. The van der Waals surface area contributed by atoms with Crippen LogP contribution in [-0.2, 0) is 6.42 Å². The van der Waals surface area contributed by atoms with Gasteiger partial charge in [0.1, 0.15) is 12.1 Å². The number of ether oxygens (including phenoxy) is 1. The summed E-state index contributed by atoms with van der Waals surface area (Å²) in [5.74, 6) is 2.05. The van der Waals surface area contributed by atoms with E-state index >= 15 is 0 Å². The lowest BCUT2D eigenvalue weighted by Gasteiger charge is -2.20. The summed E-state index contributed by atoms with van der Waals surface area (Å²) in [4.78, 5) is 15.1. The zero-order valence-corrected chi connectivity index (χ0v) is 16.3. The number of hydrogen-bond acceptors (Lipinski definition) is 7. The summed E-state index contributed by atoms with van der Waals surface area (Å²) in [6.07, 6.45) is 3.52. The molecule has 0 amide bonds. The second kappa shape index (κ2) is 7.55. The summed E-state index contributed by atoms with van der Waals surface area (Å²) in [7, 11) is 0. The topological polar surface area (TPSA) is 100 Å². The fourth-order valence-electron chi connectivity index (χ4n) is 3.60. The van der Waals surface area contributed by atoms with Gasteiger partial charge in [-0.15, -0.1) is 0 Å². The van der Waals surface area contributed by atoms with E-state index in [-0.39, 0.29) is 5.92 Å². The molecule has 1 aliphatic rings. The van der Waals surface area contributed by atoms with Crippen LogP contribution in [0.4, 0.5) is 5.82 Å². The van der Waals surface area contributed by atoms with Gasteiger partial charge in [0.05, 0.1) is 23.1 Å². The zero-order valence-electron chi connectivity index (χ0n) is 16.3. The predicted molar refractivity (Wildman–Crippen MR) is 105 cm³/mol. The van der Waals surface area contributed by atoms with Gasteiger partial charge in [-0.05, 0) is 45.4 Å². The number of nitrogens with zero attached hydrogens (tertiary/aromatic N) is 5. The van der Waals surface area contributed by atoms with Crippen LogP contribution >= 0.6 is 0 Å². The van der Waals surface area contributed by atoms with Crippen molar-refractivity contribution < 1.29 is 9.84 Å². The maximum Gasteiger partial charge on any atom is 0.227 e. The van der Waals surface area contributed by atoms with E-state index in [9.17, 15) is 5.11 Å². The number of β-amino-alcohol motifs (C(OH)–C–C–N with tert-alkyl or cyclic N) is 1. The maximum atomic E-state index is 10.6. The van der Waals surface area contributed by atoms with Crippen molar-refractivity contribution in [3.8, 4) is 11.6 Å². The molecule has 3 aromatic rings. The molecule has 0 bridgehead atoms. The minimum Gasteiger partial charge on any atom is -0.437 e. The molecule has 0 aromatic carbocycles. The van der Waals surface area contributed by atoms with E-state index in [4.69, 9.17) is 4.74 Å². The molecule has 1 saturated heterocycles. The van der Waals surface area contributed by atoms with Gasteiger partial charge < -0.3 is 14.7 Å². The summed E-state index contributed by atoms with van der Waals surface area (Å²) in [6, 6.07) is 5.72. The molecule has 4 rings (SSSR count). The van der Waals surface area contributed by atoms with Gasteiger partial charge >= 0.3 is 0 Å². The molecule has 28 heavy (non-hydrogen) atoms. The molecular weight excluding hydrogens is 356 g/mol. The van der Waals surface area contributed by atoms with Gasteiger partial charge in [-0.25, -0.2) is 9.97 Å². The van der Waals surface area contributed by atoms with E-state index < -0.39 is 6.10 Å². The number of pyridine rings is 1. The van der Waals surface area contributed by atoms with E-state index in [1.165, 1.54) is 6.33 Å². The molecule has 2 atom stereocenters. The highest BCUT2D eigenvalue weighted by molar-refractivity contribution is 5.52. The number of aryl methyl sites for hydroxylation is 2. The summed E-state index contributed by atoms with van der Waals surface area (Å²) >= 11 is 0. The van der Waals surface area contributed by atoms with Crippen LogP contribution in [0.15, 0.2) is 30.7 Å². The normalized spacial score (nSPS) is 19.2. The Kier molecular flexibility index (Phi) is 4.95. The summed E-state index contributed by atoms with van der Waals surface area (Å²) < 4.78 is 5.98. The minimum atomic E-state index is -0.434. The Hall–Kier alpha value is -3.00. The molecule has 4 heterocycles. The first-order valence-electron chi connectivity index (χ1n) is 9.36. The summed E-state index contributed by atoms with van der Waals surface area (Å²) in [6.45, 7) is 7.04. The lowest BCUT2D eigenvalue weighted by molar-refractivity contribution is 0.148. The monoisotopic (exact) mass is 380 g/mol. The van der Waals surface area contributed by atoms with Crippen LogP contribution in [0.1, 0.15) is 22.6 Å². The third-order valence-corrected chi connectivity index (χ3v) is 5.11. The Balaban J connectivity index is 1.52. The molecule has 3 aromatic heterocycles. The molecule has 1 fully saturated rings. The van der Waals surface area contributed by atoms with E-state index in [0.29, 0.717) is 24.7 Å². The van der Waals surface area contributed by atoms with Crippen molar-refractivity contribution in [2.24, 2.45) is 5.92 Å². The predicted octanol–water partition coefficient (Wildman–Crippen LogP) is 2.35. The van der Waals surface area contributed by atoms with Crippen molar-refractivity contribution in [3.05, 3.63) is 53.4 Å². The van der Waals surface area contributed by atoms with Crippen molar-refractivity contribution in [2.45, 2.75) is 33.3 Å². The van der Waals surface area contributed by atoms with Gasteiger partial charge in [0.25, 0.3) is 0 Å². The fraction of sp³-hybridized carbons (Fsp3) is 0.400. The first kappa shape index (κ1) is 18.4. The molecule has 0 aliphatic carbocycles. The number of H-pyrrole nitrogens is 1. The van der Waals surface area contributed by atoms with Gasteiger partial charge in [0.2, 0.25) is 5.88 Å². The fourth-order valence-corrected chi connectivity index (χ4v) is 3.60. The number of rotatable bonds is 5. The molecule has 0 saturated carbocycles. The summed E-state index contributed by atoms with van der Waals surface area (Å²) in [5, 5.41) is 17.8. The zero-order chi connectivity index (χ0) is 19.7. The average Bonchev–Trinajstić information content (AvgIpc) is 3.24. The van der Waals surface area contributed by atoms with Crippen LogP contribution < -0.4 is 9.64 Å². The number of anilines is 1. The van der Waals surface area contributed by atoms with Gasteiger partial charge in [-0.3, -0.25) is 10.1 Å². The van der Waals surface area contributed by atoms with Crippen LogP contribution in [-0.4, -0.2) is 49.4 Å². The maximum absolute atomic E-state index is 10.6. The third kappa shape index (κ3) is 3.68. The van der Waals surface area contributed by atoms with Crippen molar-refractivity contribution >= 4 is 5.82 Å². The Labute approximate surface area is 163 Å². The van der Waals surface area contributed by atoms with Crippen molar-refractivity contribution in [1.29, 1.82) is 0 Å². The van der Waals surface area contributed by atoms with E-state index in [1.54, 1.807) is 6.20 Å². The largest absolute Gasteiger partial charge is 0.437 e. The van der Waals surface area contributed by atoms with Crippen molar-refractivity contribution in [2.75, 3.05) is 18.0 Å². The molecule has 8 nitrogen and oxygen atoms in total. The van der Waals surface area contributed by atoms with E-state index in [0.717, 1.165) is 34.9 Å². The first-order valence-corrected chi connectivity index (χ1v) is 9.36. The highest BCUT2D eigenvalue weighted by atomic mass is 16.5. The molecule has 0 radical (unpaired) electrons. The smallest absolute Gasteiger partial charge is 0.227 e. The molecule has 146 valence electrons. The van der Waals surface area contributed by atoms with Crippen LogP contribution in [0.3, 0.4) is 0 Å². The third-order valence-electron chi connectivity index (χ3n) is 5.11. The van der Waals surface area contributed by atoms with Crippen LogP contribution in [0.25, 0.3) is 0 Å². The Morgan fingerprint density at radius 2 is 2.07 bits per heavy atom. The second-order valence-corrected chi connectivity index (χ2v) is 7.30. The molecule has 8 heteroatoms. The van der Waals surface area contributed by atoms with Crippen molar-refractivity contribution in [1.82, 2.24) is 25.1 Å². The Bertz CT molecular complexity index is 973. The van der Waals surface area contributed by atoms with Crippen LogP contribution in [0.5, 0.6) is 11.6 Å². The summed E-state index contributed by atoms with van der Waals surface area (Å²) in [5.41, 5.74) is 3.64. The van der Waals surface area contributed by atoms with Crippen LogP contribution in [0.2, 0.25) is 0 Å². The first-order chi connectivity index (χ1) is 13.5. The second-order valence-electron chi connectivity index (χ2n) is 7.30. The number of nitrogens with one attached hydrogen (secondary N) is 1. The number of aliphatic hydroxyl groups excluding tert-OH is 1. The quantitative estimate of drug-likeness (QED) is 0.701. The van der Waals surface area contributed by atoms with E-state index in [2.05, 4.69) is 30.0 Å². The average molecular weight is 380 g/mol. The number of aromatic nitrogens is 5. The SMILES string of the molecule is Cc1cc(C[C@@H]2CN(c3ncnc(Oc4cccnc4C)c3C)C[C@@H]2O)n[nH]1. The van der Waals surface area contributed by atoms with Gasteiger partial charge in [0, 0.05) is 30.9 Å². The lowest BCUT2D eigenvalue weighted by Crippen LogP contribution is -2.23. The molecule has 2 N–H and O–H groups in total. The molecule has 0 unspecified atom stereocenters. The molecular formula is C20H24N6O2. The highest BCUT2D eigenvalue weighted by Gasteiger charge is 2.33. The lowest BCUT2D eigenvalue weighted by atomic mass is 10.0. The minimum absolute atomic E-state index is 0.0991. The number of aliphatic hydroxyl groups is 1. The highest BCUT2D eigenvalue weighted by Crippen LogP contribution is 2.32. The Morgan fingerprint density at radius 1 is 1.21 bits per heavy atom. The number of hydrogen-bond donors (Lipinski definition) is 2. The van der Waals surface area contributed by atoms with Crippen molar-refractivity contribution in [3.63, 3.8) is 0 Å². The van der Waals surface area contributed by atoms with E-state index in [1.807, 2.05) is 39.0 Å². The molecule has 1 aliphatic heterocycles. The number of aromatic amines is 1. The Morgan fingerprint density at radius 3 is 2.82 bits per heavy atom.